The molecule has 1 aromatic carbocycles. The quantitative estimate of drug-likeness (QED) is 0.657. The number of hydrogen-bond donors (Lipinski definition) is 3. The predicted octanol–water partition coefficient (Wildman–Crippen LogP) is 0.665. The number of benzene rings is 1. The Morgan fingerprint density at radius 1 is 1.33 bits per heavy atom. The van der Waals surface area contributed by atoms with E-state index in [0.717, 1.165) is 12.1 Å². The largest absolute Gasteiger partial charge is 0.392 e. The highest BCUT2D eigenvalue weighted by Gasteiger charge is 2.15. The van der Waals surface area contributed by atoms with Gasteiger partial charge in [-0.1, -0.05) is 6.07 Å². The van der Waals surface area contributed by atoms with Crippen molar-refractivity contribution in [2.45, 2.75) is 13.0 Å². The first-order valence-electron chi connectivity index (χ1n) is 5.63. The van der Waals surface area contributed by atoms with Crippen molar-refractivity contribution in [1.82, 2.24) is 10.6 Å². The minimum absolute atomic E-state index is 0.222. The topological polar surface area (TPSA) is 61.4 Å². The van der Waals surface area contributed by atoms with Crippen molar-refractivity contribution in [1.29, 1.82) is 0 Å². The molecular weight excluding hydrogens is 242 g/mol. The zero-order chi connectivity index (χ0) is 13.5. The molecule has 0 radical (unpaired) electrons. The summed E-state index contributed by atoms with van der Waals surface area (Å²) >= 11 is 0. The van der Waals surface area contributed by atoms with E-state index in [1.165, 1.54) is 6.07 Å². The van der Waals surface area contributed by atoms with E-state index >= 15 is 0 Å². The fourth-order valence-electron chi connectivity index (χ4n) is 1.38. The molecule has 0 aliphatic carbocycles. The van der Waals surface area contributed by atoms with Gasteiger partial charge in [-0.3, -0.25) is 4.79 Å². The Labute approximate surface area is 104 Å². The molecule has 4 nitrogen and oxygen atoms in total. The van der Waals surface area contributed by atoms with Gasteiger partial charge in [0.05, 0.1) is 6.10 Å². The van der Waals surface area contributed by atoms with Crippen LogP contribution in [0.5, 0.6) is 0 Å². The van der Waals surface area contributed by atoms with Crippen molar-refractivity contribution in [3.8, 4) is 0 Å². The summed E-state index contributed by atoms with van der Waals surface area (Å²) < 4.78 is 26.5. The highest BCUT2D eigenvalue weighted by Crippen LogP contribution is 2.11. The number of halogens is 2. The van der Waals surface area contributed by atoms with E-state index in [1.807, 2.05) is 0 Å². The minimum atomic E-state index is -0.885. The Morgan fingerprint density at radius 2 is 1.94 bits per heavy atom. The molecule has 0 bridgehead atoms. The zero-order valence-corrected chi connectivity index (χ0v) is 10.0. The maximum atomic E-state index is 13.2. The first-order valence-corrected chi connectivity index (χ1v) is 5.63. The standard InChI is InChI=1S/C12H16F2N2O2/c1-8(17)7-15-5-6-16-12(18)11-9(13)3-2-4-10(11)14/h2-4,8,15,17H,5-7H2,1H3,(H,16,18). The molecule has 0 aliphatic heterocycles. The van der Waals surface area contributed by atoms with Gasteiger partial charge in [-0.2, -0.15) is 0 Å². The van der Waals surface area contributed by atoms with Gasteiger partial charge in [0.25, 0.3) is 5.91 Å². The van der Waals surface area contributed by atoms with Crippen molar-refractivity contribution in [2.24, 2.45) is 0 Å². The molecule has 0 saturated heterocycles. The fourth-order valence-corrected chi connectivity index (χ4v) is 1.38. The molecule has 0 spiro atoms. The maximum absolute atomic E-state index is 13.2. The smallest absolute Gasteiger partial charge is 0.257 e. The van der Waals surface area contributed by atoms with Crippen molar-refractivity contribution in [3.63, 3.8) is 0 Å². The van der Waals surface area contributed by atoms with Crippen LogP contribution in [0.3, 0.4) is 0 Å². The lowest BCUT2D eigenvalue weighted by atomic mass is 10.2. The van der Waals surface area contributed by atoms with Crippen LogP contribution in [0.2, 0.25) is 0 Å². The number of carbonyl (C=O) groups excluding carboxylic acids is 1. The van der Waals surface area contributed by atoms with Crippen LogP contribution in [0.4, 0.5) is 8.78 Å². The molecule has 6 heteroatoms. The normalized spacial score (nSPS) is 12.2. The van der Waals surface area contributed by atoms with Gasteiger partial charge >= 0.3 is 0 Å². The molecule has 0 aliphatic rings. The van der Waals surface area contributed by atoms with Gasteiger partial charge in [0.2, 0.25) is 0 Å². The molecule has 3 N–H and O–H groups in total. The van der Waals surface area contributed by atoms with Gasteiger partial charge in [-0.15, -0.1) is 0 Å². The second kappa shape index (κ2) is 7.03. The molecule has 1 rings (SSSR count). The van der Waals surface area contributed by atoms with Crippen LogP contribution in [0.25, 0.3) is 0 Å². The van der Waals surface area contributed by atoms with Crippen molar-refractivity contribution in [2.75, 3.05) is 19.6 Å². The third kappa shape index (κ3) is 4.38. The third-order valence-electron chi connectivity index (χ3n) is 2.22. The number of nitrogens with one attached hydrogen (secondary N) is 2. The Hall–Kier alpha value is -1.53. The average Bonchev–Trinajstić information content (AvgIpc) is 2.27. The number of carbonyl (C=O) groups is 1. The van der Waals surface area contributed by atoms with E-state index in [0.29, 0.717) is 13.1 Å². The van der Waals surface area contributed by atoms with Crippen LogP contribution in [0.15, 0.2) is 18.2 Å². The summed E-state index contributed by atoms with van der Waals surface area (Å²) in [5.41, 5.74) is -0.576. The first kappa shape index (κ1) is 14.5. The molecule has 100 valence electrons. The van der Waals surface area contributed by atoms with Gasteiger partial charge in [0.1, 0.15) is 17.2 Å². The highest BCUT2D eigenvalue weighted by atomic mass is 19.1. The maximum Gasteiger partial charge on any atom is 0.257 e. The van der Waals surface area contributed by atoms with Crippen LogP contribution >= 0.6 is 0 Å². The molecule has 0 fully saturated rings. The molecule has 0 heterocycles. The van der Waals surface area contributed by atoms with E-state index in [-0.39, 0.29) is 6.54 Å². The third-order valence-corrected chi connectivity index (χ3v) is 2.22. The Kier molecular flexibility index (Phi) is 5.67. The second-order valence-electron chi connectivity index (χ2n) is 3.91. The van der Waals surface area contributed by atoms with Crippen molar-refractivity contribution < 1.29 is 18.7 Å². The summed E-state index contributed by atoms with van der Waals surface area (Å²) in [6, 6.07) is 3.26. The van der Waals surface area contributed by atoms with Crippen LogP contribution in [0, 0.1) is 11.6 Å². The summed E-state index contributed by atoms with van der Waals surface area (Å²) in [5.74, 6) is -2.56. The van der Waals surface area contributed by atoms with Gasteiger partial charge in [0, 0.05) is 19.6 Å². The molecule has 1 amide bonds. The summed E-state index contributed by atoms with van der Waals surface area (Å²) in [4.78, 5) is 11.5. The molecule has 18 heavy (non-hydrogen) atoms. The lowest BCUT2D eigenvalue weighted by Gasteiger charge is -2.09. The number of amides is 1. The Morgan fingerprint density at radius 3 is 2.50 bits per heavy atom. The summed E-state index contributed by atoms with van der Waals surface area (Å²) in [5, 5.41) is 14.2. The van der Waals surface area contributed by atoms with Crippen LogP contribution < -0.4 is 10.6 Å². The van der Waals surface area contributed by atoms with Crippen molar-refractivity contribution >= 4 is 5.91 Å². The Balaban J connectivity index is 2.41. The van der Waals surface area contributed by atoms with Gasteiger partial charge in [-0.25, -0.2) is 8.78 Å². The van der Waals surface area contributed by atoms with Gasteiger partial charge in [0.15, 0.2) is 0 Å². The summed E-state index contributed by atoms with van der Waals surface area (Å²) in [6.07, 6.45) is -0.482. The highest BCUT2D eigenvalue weighted by molar-refractivity contribution is 5.94. The zero-order valence-electron chi connectivity index (χ0n) is 10.0. The lowest BCUT2D eigenvalue weighted by Crippen LogP contribution is -2.35. The van der Waals surface area contributed by atoms with Crippen LogP contribution in [-0.4, -0.2) is 36.8 Å². The summed E-state index contributed by atoms with van der Waals surface area (Å²) in [7, 11) is 0. The minimum Gasteiger partial charge on any atom is -0.392 e. The van der Waals surface area contributed by atoms with E-state index < -0.39 is 29.2 Å². The molecule has 1 aromatic rings. The van der Waals surface area contributed by atoms with E-state index in [1.54, 1.807) is 6.92 Å². The van der Waals surface area contributed by atoms with Crippen LogP contribution in [-0.2, 0) is 0 Å². The van der Waals surface area contributed by atoms with E-state index in [2.05, 4.69) is 10.6 Å². The number of aliphatic hydroxyl groups is 1. The summed E-state index contributed by atoms with van der Waals surface area (Å²) in [6.45, 7) is 2.65. The van der Waals surface area contributed by atoms with E-state index in [9.17, 15) is 13.6 Å². The first-order chi connectivity index (χ1) is 8.52. The second-order valence-corrected chi connectivity index (χ2v) is 3.91. The number of hydrogen-bond acceptors (Lipinski definition) is 3. The Bertz CT molecular complexity index is 391. The molecule has 1 atom stereocenters. The predicted molar refractivity (Wildman–Crippen MR) is 63.2 cm³/mol. The molecule has 0 aromatic heterocycles. The van der Waals surface area contributed by atoms with E-state index in [4.69, 9.17) is 5.11 Å². The van der Waals surface area contributed by atoms with Gasteiger partial charge < -0.3 is 15.7 Å². The lowest BCUT2D eigenvalue weighted by molar-refractivity contribution is 0.0945. The number of rotatable bonds is 6. The molecule has 0 saturated carbocycles. The number of aliphatic hydroxyl groups excluding tert-OH is 1. The fraction of sp³-hybridized carbons (Fsp3) is 0.417. The average molecular weight is 258 g/mol. The monoisotopic (exact) mass is 258 g/mol. The van der Waals surface area contributed by atoms with Gasteiger partial charge in [-0.05, 0) is 19.1 Å². The molecule has 1 unspecified atom stereocenters. The van der Waals surface area contributed by atoms with Crippen LogP contribution in [0.1, 0.15) is 17.3 Å². The molecular formula is C12H16F2N2O2. The SMILES string of the molecule is CC(O)CNCCNC(=O)c1c(F)cccc1F. The van der Waals surface area contributed by atoms with Crippen molar-refractivity contribution in [3.05, 3.63) is 35.4 Å².